The van der Waals surface area contributed by atoms with Crippen LogP contribution in [0.3, 0.4) is 0 Å². The van der Waals surface area contributed by atoms with E-state index in [0.29, 0.717) is 30.3 Å². The monoisotopic (exact) mass is 265 g/mol. The molecule has 6 heteroatoms. The Bertz CT molecular complexity index is 569. The van der Waals surface area contributed by atoms with E-state index in [1.54, 1.807) is 6.92 Å². The molecule has 1 aromatic carbocycles. The highest BCUT2D eigenvalue weighted by molar-refractivity contribution is 5.68. The molecule has 19 heavy (non-hydrogen) atoms. The first kappa shape index (κ1) is 13.2. The lowest BCUT2D eigenvalue weighted by Crippen LogP contribution is -2.04. The van der Waals surface area contributed by atoms with Gasteiger partial charge in [0.1, 0.15) is 0 Å². The molecule has 2 rings (SSSR count). The maximum atomic E-state index is 13.5. The molecule has 0 aliphatic rings. The molecule has 0 radical (unpaired) electrons. The average Bonchev–Trinajstić information content (AvgIpc) is 2.77. The van der Waals surface area contributed by atoms with E-state index in [2.05, 4.69) is 10.5 Å². The predicted molar refractivity (Wildman–Crippen MR) is 70.5 cm³/mol. The van der Waals surface area contributed by atoms with Gasteiger partial charge >= 0.3 is 0 Å². The van der Waals surface area contributed by atoms with E-state index in [4.69, 9.17) is 15.0 Å². The maximum absolute atomic E-state index is 13.5. The number of nitrogen functional groups attached to an aromatic ring is 1. The summed E-state index contributed by atoms with van der Waals surface area (Å²) in [5.74, 6) is 0.382. The number of ether oxygens (including phenoxy) is 1. The summed E-state index contributed by atoms with van der Waals surface area (Å²) in [5, 5.41) is 6.84. The van der Waals surface area contributed by atoms with Crippen LogP contribution in [0, 0.1) is 12.7 Å². The highest BCUT2D eigenvalue weighted by Gasteiger charge is 2.09. The molecule has 0 amide bonds. The molecule has 5 nitrogen and oxygen atoms in total. The highest BCUT2D eigenvalue weighted by Crippen LogP contribution is 2.28. The number of anilines is 2. The van der Waals surface area contributed by atoms with Gasteiger partial charge in [-0.1, -0.05) is 5.16 Å². The van der Waals surface area contributed by atoms with Gasteiger partial charge in [-0.15, -0.1) is 0 Å². The van der Waals surface area contributed by atoms with Crippen LogP contribution in [0.2, 0.25) is 0 Å². The molecule has 0 spiro atoms. The zero-order valence-corrected chi connectivity index (χ0v) is 10.9. The van der Waals surface area contributed by atoms with Crippen LogP contribution < -0.4 is 15.8 Å². The van der Waals surface area contributed by atoms with E-state index in [-0.39, 0.29) is 5.75 Å². The summed E-state index contributed by atoms with van der Waals surface area (Å²) in [6.07, 6.45) is 0. The summed E-state index contributed by atoms with van der Waals surface area (Å²) in [7, 11) is 0. The van der Waals surface area contributed by atoms with Crippen molar-refractivity contribution < 1.29 is 13.7 Å². The molecule has 0 fully saturated rings. The Hall–Kier alpha value is -2.24. The SMILES string of the molecule is CCOc1cc(NCc2cc(C)no2)c(N)cc1F. The van der Waals surface area contributed by atoms with E-state index in [1.165, 1.54) is 12.1 Å². The molecule has 2 aromatic rings. The number of halogens is 1. The normalized spacial score (nSPS) is 10.5. The van der Waals surface area contributed by atoms with E-state index in [1.807, 2.05) is 13.0 Å². The number of hydrogen-bond acceptors (Lipinski definition) is 5. The van der Waals surface area contributed by atoms with E-state index < -0.39 is 5.82 Å². The van der Waals surface area contributed by atoms with Gasteiger partial charge in [-0.25, -0.2) is 4.39 Å². The molecule has 0 saturated carbocycles. The number of nitrogens with zero attached hydrogens (tertiary/aromatic N) is 1. The van der Waals surface area contributed by atoms with Crippen molar-refractivity contribution in [2.24, 2.45) is 0 Å². The van der Waals surface area contributed by atoms with Gasteiger partial charge in [0.05, 0.1) is 30.2 Å². The van der Waals surface area contributed by atoms with E-state index in [0.717, 1.165) is 5.69 Å². The summed E-state index contributed by atoms with van der Waals surface area (Å²) >= 11 is 0. The van der Waals surface area contributed by atoms with Gasteiger partial charge in [-0.05, 0) is 13.8 Å². The van der Waals surface area contributed by atoms with E-state index in [9.17, 15) is 4.39 Å². The zero-order chi connectivity index (χ0) is 13.8. The summed E-state index contributed by atoms with van der Waals surface area (Å²) < 4.78 is 23.8. The number of hydrogen-bond donors (Lipinski definition) is 2. The number of rotatable bonds is 5. The molecule has 1 heterocycles. The fourth-order valence-electron chi connectivity index (χ4n) is 1.67. The Morgan fingerprint density at radius 2 is 2.21 bits per heavy atom. The molecule has 0 bridgehead atoms. The molecule has 0 saturated heterocycles. The second-order valence-corrected chi connectivity index (χ2v) is 4.09. The smallest absolute Gasteiger partial charge is 0.167 e. The number of benzene rings is 1. The lowest BCUT2D eigenvalue weighted by Gasteiger charge is -2.11. The number of nitrogens with two attached hydrogens (primary N) is 1. The molecule has 0 atom stereocenters. The van der Waals surface area contributed by atoms with Gasteiger partial charge in [0, 0.05) is 18.2 Å². The fourth-order valence-corrected chi connectivity index (χ4v) is 1.67. The van der Waals surface area contributed by atoms with Crippen molar-refractivity contribution in [1.29, 1.82) is 0 Å². The zero-order valence-electron chi connectivity index (χ0n) is 10.9. The minimum absolute atomic E-state index is 0.174. The van der Waals surface area contributed by atoms with Crippen LogP contribution in [0.5, 0.6) is 5.75 Å². The first-order valence-electron chi connectivity index (χ1n) is 5.98. The van der Waals surface area contributed by atoms with Crippen LogP contribution >= 0.6 is 0 Å². The predicted octanol–water partition coefficient (Wildman–Crippen LogP) is 2.72. The van der Waals surface area contributed by atoms with Crippen molar-refractivity contribution in [1.82, 2.24) is 5.16 Å². The van der Waals surface area contributed by atoms with Gasteiger partial charge in [-0.2, -0.15) is 0 Å². The Kier molecular flexibility index (Phi) is 3.89. The molecule has 0 aliphatic carbocycles. The first-order valence-corrected chi connectivity index (χ1v) is 5.98. The van der Waals surface area contributed by atoms with Crippen LogP contribution in [-0.2, 0) is 6.54 Å². The van der Waals surface area contributed by atoms with Crippen molar-refractivity contribution in [3.63, 3.8) is 0 Å². The van der Waals surface area contributed by atoms with Crippen LogP contribution in [0.1, 0.15) is 18.4 Å². The van der Waals surface area contributed by atoms with Gasteiger partial charge in [0.15, 0.2) is 17.3 Å². The third-order valence-electron chi connectivity index (χ3n) is 2.53. The second kappa shape index (κ2) is 5.60. The summed E-state index contributed by atoms with van der Waals surface area (Å²) in [4.78, 5) is 0. The van der Waals surface area contributed by atoms with Gasteiger partial charge in [0.2, 0.25) is 0 Å². The lowest BCUT2D eigenvalue weighted by molar-refractivity contribution is 0.322. The second-order valence-electron chi connectivity index (χ2n) is 4.09. The third kappa shape index (κ3) is 3.15. The standard InChI is InChI=1S/C13H16FN3O2/c1-3-18-13-6-12(11(15)5-10(13)14)16-7-9-4-8(2)17-19-9/h4-6,16H,3,7,15H2,1-2H3. The van der Waals surface area contributed by atoms with Crippen LogP contribution in [0.25, 0.3) is 0 Å². The van der Waals surface area contributed by atoms with Crippen LogP contribution in [0.4, 0.5) is 15.8 Å². The highest BCUT2D eigenvalue weighted by atomic mass is 19.1. The van der Waals surface area contributed by atoms with Crippen molar-refractivity contribution in [3.05, 3.63) is 35.5 Å². The molecule has 3 N–H and O–H groups in total. The summed E-state index contributed by atoms with van der Waals surface area (Å²) in [6.45, 7) is 4.44. The average molecular weight is 265 g/mol. The first-order chi connectivity index (χ1) is 9.10. The Labute approximate surface area is 110 Å². The molecular weight excluding hydrogens is 249 g/mol. The van der Waals surface area contributed by atoms with Gasteiger partial charge in [-0.3, -0.25) is 0 Å². The topological polar surface area (TPSA) is 73.3 Å². The minimum Gasteiger partial charge on any atom is -0.491 e. The Balaban J connectivity index is 2.13. The number of aromatic nitrogens is 1. The van der Waals surface area contributed by atoms with Crippen LogP contribution in [0.15, 0.2) is 22.7 Å². The molecule has 0 unspecified atom stereocenters. The Morgan fingerprint density at radius 3 is 2.84 bits per heavy atom. The summed E-state index contributed by atoms with van der Waals surface area (Å²) in [5.41, 5.74) is 7.47. The lowest BCUT2D eigenvalue weighted by atomic mass is 10.2. The van der Waals surface area contributed by atoms with Gasteiger partial charge in [0.25, 0.3) is 0 Å². The number of aryl methyl sites for hydroxylation is 1. The van der Waals surface area contributed by atoms with Gasteiger partial charge < -0.3 is 20.3 Å². The fraction of sp³-hybridized carbons (Fsp3) is 0.308. The molecule has 0 aliphatic heterocycles. The maximum Gasteiger partial charge on any atom is 0.167 e. The number of nitrogens with one attached hydrogen (secondary N) is 1. The molecule has 1 aromatic heterocycles. The third-order valence-corrected chi connectivity index (χ3v) is 2.53. The summed E-state index contributed by atoms with van der Waals surface area (Å²) in [6, 6.07) is 4.59. The largest absolute Gasteiger partial charge is 0.491 e. The van der Waals surface area contributed by atoms with E-state index >= 15 is 0 Å². The Morgan fingerprint density at radius 1 is 1.42 bits per heavy atom. The van der Waals surface area contributed by atoms with Crippen molar-refractivity contribution in [3.8, 4) is 5.75 Å². The van der Waals surface area contributed by atoms with Crippen molar-refractivity contribution in [2.75, 3.05) is 17.7 Å². The quantitative estimate of drug-likeness (QED) is 0.813. The van der Waals surface area contributed by atoms with Crippen molar-refractivity contribution >= 4 is 11.4 Å². The molecular formula is C13H16FN3O2. The van der Waals surface area contributed by atoms with Crippen molar-refractivity contribution in [2.45, 2.75) is 20.4 Å². The minimum atomic E-state index is -0.472. The van der Waals surface area contributed by atoms with Crippen LogP contribution in [-0.4, -0.2) is 11.8 Å². The molecule has 102 valence electrons.